The number of aromatic nitrogens is 2. The molecule has 0 aliphatic heterocycles. The van der Waals surface area contributed by atoms with Crippen molar-refractivity contribution in [3.8, 4) is 16.9 Å². The average Bonchev–Trinajstić information content (AvgIpc) is 2.82. The lowest BCUT2D eigenvalue weighted by atomic mass is 10.2. The molecule has 19 heavy (non-hydrogen) atoms. The maximum Gasteiger partial charge on any atom is 0.133 e. The summed E-state index contributed by atoms with van der Waals surface area (Å²) in [6, 6.07) is 19.2. The van der Waals surface area contributed by atoms with Crippen molar-refractivity contribution in [3.05, 3.63) is 70.8 Å². The van der Waals surface area contributed by atoms with Crippen molar-refractivity contribution in [2.75, 3.05) is 0 Å². The van der Waals surface area contributed by atoms with Gasteiger partial charge in [0.25, 0.3) is 0 Å². The van der Waals surface area contributed by atoms with E-state index in [-0.39, 0.29) is 0 Å². The van der Waals surface area contributed by atoms with Gasteiger partial charge in [-0.25, -0.2) is 4.68 Å². The van der Waals surface area contributed by atoms with E-state index in [2.05, 4.69) is 5.10 Å². The highest BCUT2D eigenvalue weighted by molar-refractivity contribution is 6.33. The van der Waals surface area contributed by atoms with E-state index in [1.54, 1.807) is 4.68 Å². The van der Waals surface area contributed by atoms with Crippen molar-refractivity contribution in [2.45, 2.75) is 0 Å². The summed E-state index contributed by atoms with van der Waals surface area (Å²) in [4.78, 5) is 0. The van der Waals surface area contributed by atoms with Gasteiger partial charge in [-0.3, -0.25) is 0 Å². The quantitative estimate of drug-likeness (QED) is 0.659. The minimum Gasteiger partial charge on any atom is -0.220 e. The smallest absolute Gasteiger partial charge is 0.133 e. The van der Waals surface area contributed by atoms with Crippen LogP contribution in [0.2, 0.25) is 10.2 Å². The average molecular weight is 289 g/mol. The maximum atomic E-state index is 6.24. The zero-order valence-corrected chi connectivity index (χ0v) is 11.4. The first kappa shape index (κ1) is 12.3. The van der Waals surface area contributed by atoms with Crippen molar-refractivity contribution in [2.24, 2.45) is 0 Å². The van der Waals surface area contributed by atoms with E-state index in [0.29, 0.717) is 10.2 Å². The molecule has 0 bridgehead atoms. The Kier molecular flexibility index (Phi) is 3.28. The Balaban J connectivity index is 2.11. The summed E-state index contributed by atoms with van der Waals surface area (Å²) in [6.07, 6.45) is 0. The predicted octanol–water partition coefficient (Wildman–Crippen LogP) is 4.85. The zero-order valence-electron chi connectivity index (χ0n) is 9.92. The molecule has 0 fully saturated rings. The van der Waals surface area contributed by atoms with Crippen LogP contribution in [0.3, 0.4) is 0 Å². The van der Waals surface area contributed by atoms with Gasteiger partial charge in [-0.1, -0.05) is 65.7 Å². The molecule has 0 atom stereocenters. The van der Waals surface area contributed by atoms with E-state index in [9.17, 15) is 0 Å². The van der Waals surface area contributed by atoms with Crippen LogP contribution in [0.25, 0.3) is 16.9 Å². The molecule has 0 saturated heterocycles. The number of nitrogens with zero attached hydrogens (tertiary/aromatic N) is 2. The molecule has 2 nitrogen and oxygen atoms in total. The second kappa shape index (κ2) is 5.08. The minimum atomic E-state index is 0.534. The third-order valence-corrected chi connectivity index (χ3v) is 3.40. The lowest BCUT2D eigenvalue weighted by Gasteiger charge is -2.04. The van der Waals surface area contributed by atoms with Crippen molar-refractivity contribution in [1.82, 2.24) is 9.78 Å². The molecule has 2 aromatic carbocycles. The molecule has 3 rings (SSSR count). The van der Waals surface area contributed by atoms with E-state index >= 15 is 0 Å². The van der Waals surface area contributed by atoms with Gasteiger partial charge < -0.3 is 0 Å². The molecule has 0 spiro atoms. The Hall–Kier alpha value is -1.77. The number of benzene rings is 2. The summed E-state index contributed by atoms with van der Waals surface area (Å²) in [7, 11) is 0. The van der Waals surface area contributed by atoms with Gasteiger partial charge in [0.2, 0.25) is 0 Å². The molecule has 3 aromatic rings. The van der Waals surface area contributed by atoms with Crippen LogP contribution in [-0.2, 0) is 0 Å². The molecular weight excluding hydrogens is 279 g/mol. The van der Waals surface area contributed by atoms with E-state index in [1.807, 2.05) is 60.7 Å². The fourth-order valence-corrected chi connectivity index (χ4v) is 2.35. The third kappa shape index (κ3) is 2.37. The van der Waals surface area contributed by atoms with Crippen LogP contribution in [0, 0.1) is 0 Å². The van der Waals surface area contributed by atoms with E-state index in [0.717, 1.165) is 16.9 Å². The van der Waals surface area contributed by atoms with Gasteiger partial charge in [0.05, 0.1) is 16.4 Å². The summed E-state index contributed by atoms with van der Waals surface area (Å²) in [5.41, 5.74) is 2.62. The van der Waals surface area contributed by atoms with Gasteiger partial charge in [0.15, 0.2) is 0 Å². The fourth-order valence-electron chi connectivity index (χ4n) is 1.90. The standard InChI is InChI=1S/C15H10Cl2N2/c16-12-8-4-5-9-14(12)19-15(17)10-13(18-19)11-6-2-1-3-7-11/h1-10H. The van der Waals surface area contributed by atoms with E-state index in [1.165, 1.54) is 0 Å². The largest absolute Gasteiger partial charge is 0.220 e. The Labute approximate surface area is 121 Å². The zero-order chi connectivity index (χ0) is 13.2. The second-order valence-electron chi connectivity index (χ2n) is 4.08. The van der Waals surface area contributed by atoms with Gasteiger partial charge in [-0.05, 0) is 12.1 Å². The molecule has 0 N–H and O–H groups in total. The molecule has 1 heterocycles. The maximum absolute atomic E-state index is 6.24. The van der Waals surface area contributed by atoms with Crippen LogP contribution < -0.4 is 0 Å². The van der Waals surface area contributed by atoms with Gasteiger partial charge in [-0.2, -0.15) is 5.10 Å². The molecule has 4 heteroatoms. The third-order valence-electron chi connectivity index (χ3n) is 2.82. The number of hydrogen-bond donors (Lipinski definition) is 0. The van der Waals surface area contributed by atoms with Crippen molar-refractivity contribution >= 4 is 23.2 Å². The molecule has 0 amide bonds. The summed E-state index contributed by atoms with van der Waals surface area (Å²) in [5, 5.41) is 5.66. The predicted molar refractivity (Wildman–Crippen MR) is 79.0 cm³/mol. The Morgan fingerprint density at radius 3 is 2.26 bits per heavy atom. The Morgan fingerprint density at radius 1 is 0.842 bits per heavy atom. The summed E-state index contributed by atoms with van der Waals surface area (Å²) in [6.45, 7) is 0. The summed E-state index contributed by atoms with van der Waals surface area (Å²) >= 11 is 12.4. The van der Waals surface area contributed by atoms with Crippen molar-refractivity contribution in [3.63, 3.8) is 0 Å². The molecule has 0 unspecified atom stereocenters. The van der Waals surface area contributed by atoms with Crippen LogP contribution in [0.1, 0.15) is 0 Å². The fraction of sp³-hybridized carbons (Fsp3) is 0. The molecule has 0 radical (unpaired) electrons. The molecule has 1 aromatic heterocycles. The lowest BCUT2D eigenvalue weighted by Crippen LogP contribution is -1.97. The van der Waals surface area contributed by atoms with Crippen LogP contribution in [-0.4, -0.2) is 9.78 Å². The Morgan fingerprint density at radius 2 is 1.53 bits per heavy atom. The normalized spacial score (nSPS) is 10.6. The van der Waals surface area contributed by atoms with Gasteiger partial charge >= 0.3 is 0 Å². The SMILES string of the molecule is Clc1ccccc1-n1nc(-c2ccccc2)cc1Cl. The molecule has 94 valence electrons. The Bertz CT molecular complexity index is 705. The molecule has 0 aliphatic rings. The first-order chi connectivity index (χ1) is 9.25. The van der Waals surface area contributed by atoms with E-state index in [4.69, 9.17) is 23.2 Å². The monoisotopic (exact) mass is 288 g/mol. The summed E-state index contributed by atoms with van der Waals surface area (Å²) < 4.78 is 1.65. The number of halogens is 2. The first-order valence-electron chi connectivity index (χ1n) is 5.81. The van der Waals surface area contributed by atoms with Crippen molar-refractivity contribution < 1.29 is 0 Å². The van der Waals surface area contributed by atoms with Gasteiger partial charge in [-0.15, -0.1) is 0 Å². The van der Waals surface area contributed by atoms with Crippen LogP contribution in [0.15, 0.2) is 60.7 Å². The lowest BCUT2D eigenvalue weighted by molar-refractivity contribution is 0.885. The topological polar surface area (TPSA) is 17.8 Å². The molecule has 0 aliphatic carbocycles. The van der Waals surface area contributed by atoms with Gasteiger partial charge in [0, 0.05) is 11.6 Å². The highest BCUT2D eigenvalue weighted by Gasteiger charge is 2.11. The van der Waals surface area contributed by atoms with Crippen molar-refractivity contribution in [1.29, 1.82) is 0 Å². The van der Waals surface area contributed by atoms with Crippen LogP contribution >= 0.6 is 23.2 Å². The number of hydrogen-bond acceptors (Lipinski definition) is 1. The highest BCUT2D eigenvalue weighted by Crippen LogP contribution is 2.27. The number of rotatable bonds is 2. The second-order valence-corrected chi connectivity index (χ2v) is 4.88. The molecule has 0 saturated carbocycles. The summed E-state index contributed by atoms with van der Waals surface area (Å²) in [5.74, 6) is 0. The van der Waals surface area contributed by atoms with Crippen LogP contribution in [0.5, 0.6) is 0 Å². The number of para-hydroxylation sites is 1. The molecular formula is C15H10Cl2N2. The minimum absolute atomic E-state index is 0.534. The van der Waals surface area contributed by atoms with E-state index < -0.39 is 0 Å². The first-order valence-corrected chi connectivity index (χ1v) is 6.57. The highest BCUT2D eigenvalue weighted by atomic mass is 35.5. The van der Waals surface area contributed by atoms with Gasteiger partial charge in [0.1, 0.15) is 5.15 Å². The van der Waals surface area contributed by atoms with Crippen LogP contribution in [0.4, 0.5) is 0 Å².